The lowest BCUT2D eigenvalue weighted by atomic mass is 10.2. The highest BCUT2D eigenvalue weighted by molar-refractivity contribution is 5.56. The molecule has 4 heteroatoms. The first-order valence-corrected chi connectivity index (χ1v) is 4.55. The van der Waals surface area contributed by atoms with Crippen molar-refractivity contribution < 1.29 is 9.13 Å². The third kappa shape index (κ3) is 2.88. The molecule has 0 amide bonds. The van der Waals surface area contributed by atoms with Gasteiger partial charge >= 0.3 is 0 Å². The van der Waals surface area contributed by atoms with Crippen LogP contribution in [0.4, 0.5) is 10.1 Å². The van der Waals surface area contributed by atoms with Crippen LogP contribution in [0.3, 0.4) is 0 Å². The fourth-order valence-corrected chi connectivity index (χ4v) is 1.14. The van der Waals surface area contributed by atoms with Crippen LogP contribution in [-0.4, -0.2) is 20.2 Å². The Kier molecular flexibility index (Phi) is 4.19. The summed E-state index contributed by atoms with van der Waals surface area (Å²) in [7, 11) is 1.52. The van der Waals surface area contributed by atoms with E-state index in [0.717, 1.165) is 18.7 Å². The average Bonchev–Trinajstić information content (AvgIpc) is 2.20. The number of benzene rings is 1. The second kappa shape index (κ2) is 5.44. The summed E-state index contributed by atoms with van der Waals surface area (Å²) in [5, 5.41) is 3.12. The van der Waals surface area contributed by atoms with E-state index in [0.29, 0.717) is 12.3 Å². The minimum Gasteiger partial charge on any atom is -0.494 e. The molecule has 0 aliphatic carbocycles. The Hall–Kier alpha value is -1.29. The van der Waals surface area contributed by atoms with Gasteiger partial charge in [0.1, 0.15) is 11.6 Å². The second-order valence-electron chi connectivity index (χ2n) is 2.91. The number of ether oxygens (including phenoxy) is 1. The molecular weight excluding hydrogens is 183 g/mol. The Morgan fingerprint density at radius 3 is 2.93 bits per heavy atom. The van der Waals surface area contributed by atoms with Crippen LogP contribution in [0.2, 0.25) is 0 Å². The van der Waals surface area contributed by atoms with Crippen molar-refractivity contribution in [3.63, 3.8) is 0 Å². The van der Waals surface area contributed by atoms with Gasteiger partial charge in [-0.15, -0.1) is 0 Å². The fraction of sp³-hybridized carbons (Fsp3) is 0.400. The third-order valence-corrected chi connectivity index (χ3v) is 1.86. The smallest absolute Gasteiger partial charge is 0.144 e. The molecule has 0 bridgehead atoms. The lowest BCUT2D eigenvalue weighted by Crippen LogP contribution is -2.09. The number of hydrogen-bond acceptors (Lipinski definition) is 3. The van der Waals surface area contributed by atoms with Crippen LogP contribution in [-0.2, 0) is 0 Å². The van der Waals surface area contributed by atoms with Crippen LogP contribution in [0, 0.1) is 5.82 Å². The number of nitrogens with two attached hydrogens (primary N) is 1. The minimum atomic E-state index is -0.300. The number of halogens is 1. The summed E-state index contributed by atoms with van der Waals surface area (Å²) in [4.78, 5) is 0. The van der Waals surface area contributed by atoms with Crippen molar-refractivity contribution in [1.82, 2.24) is 0 Å². The standard InChI is InChI=1S/C10H15FN2O/c1-14-10-7-8(11)3-4-9(10)13-6-2-5-12/h3-4,7,13H,2,5-6,12H2,1H3. The molecule has 0 atom stereocenters. The summed E-state index contributed by atoms with van der Waals surface area (Å²) < 4.78 is 17.8. The molecule has 0 saturated carbocycles. The molecule has 14 heavy (non-hydrogen) atoms. The van der Waals surface area contributed by atoms with E-state index in [1.54, 1.807) is 6.07 Å². The zero-order chi connectivity index (χ0) is 10.4. The minimum absolute atomic E-state index is 0.300. The van der Waals surface area contributed by atoms with Gasteiger partial charge in [-0.25, -0.2) is 4.39 Å². The molecule has 0 saturated heterocycles. The van der Waals surface area contributed by atoms with Crippen molar-refractivity contribution in [3.8, 4) is 5.75 Å². The number of anilines is 1. The molecule has 0 unspecified atom stereocenters. The first-order valence-electron chi connectivity index (χ1n) is 4.55. The van der Waals surface area contributed by atoms with Crippen molar-refractivity contribution in [2.24, 2.45) is 5.73 Å². The van der Waals surface area contributed by atoms with Crippen LogP contribution < -0.4 is 15.8 Å². The summed E-state index contributed by atoms with van der Waals surface area (Å²) in [5.41, 5.74) is 6.15. The van der Waals surface area contributed by atoms with Gasteiger partial charge < -0.3 is 15.8 Å². The van der Waals surface area contributed by atoms with E-state index in [2.05, 4.69) is 5.32 Å². The highest BCUT2D eigenvalue weighted by Gasteiger charge is 2.02. The van der Waals surface area contributed by atoms with Crippen molar-refractivity contribution in [2.45, 2.75) is 6.42 Å². The molecule has 3 N–H and O–H groups in total. The maximum atomic E-state index is 12.8. The van der Waals surface area contributed by atoms with E-state index in [9.17, 15) is 4.39 Å². The molecule has 0 spiro atoms. The normalized spacial score (nSPS) is 9.93. The Morgan fingerprint density at radius 2 is 2.29 bits per heavy atom. The van der Waals surface area contributed by atoms with Crippen LogP contribution in [0.25, 0.3) is 0 Å². The van der Waals surface area contributed by atoms with E-state index in [-0.39, 0.29) is 5.82 Å². The molecule has 1 rings (SSSR count). The Labute approximate surface area is 83.1 Å². The highest BCUT2D eigenvalue weighted by Crippen LogP contribution is 2.24. The van der Waals surface area contributed by atoms with Crippen LogP contribution in [0.1, 0.15) is 6.42 Å². The quantitative estimate of drug-likeness (QED) is 0.706. The summed E-state index contributed by atoms with van der Waals surface area (Å²) >= 11 is 0. The van der Waals surface area contributed by atoms with Gasteiger partial charge in [0.15, 0.2) is 0 Å². The van der Waals surface area contributed by atoms with E-state index in [4.69, 9.17) is 10.5 Å². The predicted octanol–water partition coefficient (Wildman–Crippen LogP) is 1.59. The van der Waals surface area contributed by atoms with Gasteiger partial charge in [-0.05, 0) is 25.1 Å². The zero-order valence-corrected chi connectivity index (χ0v) is 8.22. The van der Waals surface area contributed by atoms with Crippen molar-refractivity contribution in [1.29, 1.82) is 0 Å². The maximum absolute atomic E-state index is 12.8. The first kappa shape index (κ1) is 10.8. The average molecular weight is 198 g/mol. The van der Waals surface area contributed by atoms with Crippen molar-refractivity contribution in [2.75, 3.05) is 25.5 Å². The van der Waals surface area contributed by atoms with Gasteiger partial charge in [-0.3, -0.25) is 0 Å². The maximum Gasteiger partial charge on any atom is 0.144 e. The molecule has 78 valence electrons. The van der Waals surface area contributed by atoms with Gasteiger partial charge in [0.05, 0.1) is 12.8 Å². The molecule has 0 aliphatic heterocycles. The van der Waals surface area contributed by atoms with Crippen LogP contribution in [0.5, 0.6) is 5.75 Å². The Morgan fingerprint density at radius 1 is 1.50 bits per heavy atom. The van der Waals surface area contributed by atoms with Gasteiger partial charge in [0.2, 0.25) is 0 Å². The van der Waals surface area contributed by atoms with Crippen molar-refractivity contribution in [3.05, 3.63) is 24.0 Å². The molecule has 0 radical (unpaired) electrons. The molecule has 0 heterocycles. The largest absolute Gasteiger partial charge is 0.494 e. The summed E-state index contributed by atoms with van der Waals surface area (Å²) in [6.45, 7) is 1.40. The number of hydrogen-bond donors (Lipinski definition) is 2. The molecule has 0 fully saturated rings. The number of nitrogens with one attached hydrogen (secondary N) is 1. The van der Waals surface area contributed by atoms with Gasteiger partial charge in [-0.1, -0.05) is 0 Å². The molecule has 3 nitrogen and oxygen atoms in total. The van der Waals surface area contributed by atoms with Crippen LogP contribution in [0.15, 0.2) is 18.2 Å². The van der Waals surface area contributed by atoms with Gasteiger partial charge in [-0.2, -0.15) is 0 Å². The topological polar surface area (TPSA) is 47.3 Å². The lowest BCUT2D eigenvalue weighted by Gasteiger charge is -2.10. The molecule has 0 aliphatic rings. The molecular formula is C10H15FN2O. The summed E-state index contributed by atoms with van der Waals surface area (Å²) in [5.74, 6) is 0.216. The van der Waals surface area contributed by atoms with Crippen LogP contribution >= 0.6 is 0 Å². The van der Waals surface area contributed by atoms with E-state index in [1.165, 1.54) is 19.2 Å². The molecule has 0 aromatic heterocycles. The first-order chi connectivity index (χ1) is 6.77. The van der Waals surface area contributed by atoms with Gasteiger partial charge in [0.25, 0.3) is 0 Å². The number of methoxy groups -OCH3 is 1. The summed E-state index contributed by atoms with van der Waals surface area (Å²) in [6.07, 6.45) is 0.876. The Bertz CT molecular complexity index is 291. The highest BCUT2D eigenvalue weighted by atomic mass is 19.1. The van der Waals surface area contributed by atoms with Crippen molar-refractivity contribution >= 4 is 5.69 Å². The number of rotatable bonds is 5. The zero-order valence-electron chi connectivity index (χ0n) is 8.22. The second-order valence-corrected chi connectivity index (χ2v) is 2.91. The lowest BCUT2D eigenvalue weighted by molar-refractivity contribution is 0.413. The van der Waals surface area contributed by atoms with E-state index >= 15 is 0 Å². The molecule has 1 aromatic carbocycles. The molecule has 1 aromatic rings. The Balaban J connectivity index is 2.65. The van der Waals surface area contributed by atoms with E-state index in [1.807, 2.05) is 0 Å². The monoisotopic (exact) mass is 198 g/mol. The van der Waals surface area contributed by atoms with E-state index < -0.39 is 0 Å². The fourth-order valence-electron chi connectivity index (χ4n) is 1.14. The van der Waals surface area contributed by atoms with Gasteiger partial charge in [0, 0.05) is 12.6 Å². The SMILES string of the molecule is COc1cc(F)ccc1NCCCN. The predicted molar refractivity (Wildman–Crippen MR) is 55.1 cm³/mol. The third-order valence-electron chi connectivity index (χ3n) is 1.86. The summed E-state index contributed by atoms with van der Waals surface area (Å²) in [6, 6.07) is 4.41.